The predicted molar refractivity (Wildman–Crippen MR) is 120 cm³/mol. The summed E-state index contributed by atoms with van der Waals surface area (Å²) < 4.78 is 27.4. The van der Waals surface area contributed by atoms with Gasteiger partial charge in [0.1, 0.15) is 12.2 Å². The van der Waals surface area contributed by atoms with Crippen LogP contribution >= 0.6 is 15.9 Å². The average molecular weight is 518 g/mol. The van der Waals surface area contributed by atoms with E-state index in [9.17, 15) is 9.59 Å². The van der Waals surface area contributed by atoms with E-state index in [0.717, 1.165) is 10.0 Å². The summed E-state index contributed by atoms with van der Waals surface area (Å²) in [5.74, 6) is -0.00215. The van der Waals surface area contributed by atoms with Gasteiger partial charge in [0, 0.05) is 15.4 Å². The Morgan fingerprint density at radius 1 is 1.09 bits per heavy atom. The molecule has 0 N–H and O–H groups in total. The van der Waals surface area contributed by atoms with Gasteiger partial charge in [0.2, 0.25) is 19.2 Å². The zero-order valence-electron chi connectivity index (χ0n) is 17.9. The zero-order chi connectivity index (χ0) is 23.4. The summed E-state index contributed by atoms with van der Waals surface area (Å²) in [6.45, 7) is 3.20. The van der Waals surface area contributed by atoms with Gasteiger partial charge in [0.25, 0.3) is 0 Å². The molecule has 0 radical (unpaired) electrons. The van der Waals surface area contributed by atoms with Gasteiger partial charge in [-0.05, 0) is 50.2 Å². The number of furan rings is 1. The second-order valence-electron chi connectivity index (χ2n) is 6.95. The zero-order valence-corrected chi connectivity index (χ0v) is 19.5. The lowest BCUT2D eigenvalue weighted by molar-refractivity contribution is -0.150. The summed E-state index contributed by atoms with van der Waals surface area (Å²) in [4.78, 5) is 29.6. The van der Waals surface area contributed by atoms with E-state index in [4.69, 9.17) is 28.2 Å². The highest BCUT2D eigenvalue weighted by atomic mass is 79.9. The number of rotatable bonds is 8. The number of esters is 2. The fourth-order valence-electron chi connectivity index (χ4n) is 3.18. The molecule has 0 aliphatic carbocycles. The second-order valence-corrected chi connectivity index (χ2v) is 7.87. The summed E-state index contributed by atoms with van der Waals surface area (Å²) in [6, 6.07) is 10.6. The molecule has 2 aromatic carbocycles. The molecule has 10 heteroatoms. The molecule has 1 aromatic heterocycles. The van der Waals surface area contributed by atoms with Crippen molar-refractivity contribution < 1.29 is 37.8 Å². The first-order chi connectivity index (χ1) is 16.0. The Morgan fingerprint density at radius 2 is 1.91 bits per heavy atom. The molecule has 0 bridgehead atoms. The fourth-order valence-corrected chi connectivity index (χ4v) is 3.54. The molecule has 2 heterocycles. The molecule has 0 saturated carbocycles. The predicted octanol–water partition coefficient (Wildman–Crippen LogP) is 4.58. The van der Waals surface area contributed by atoms with Crippen LogP contribution in [-0.2, 0) is 25.7 Å². The molecule has 33 heavy (non-hydrogen) atoms. The van der Waals surface area contributed by atoms with Crippen LogP contribution in [-0.4, -0.2) is 37.7 Å². The van der Waals surface area contributed by atoms with Crippen molar-refractivity contribution in [2.75, 3.05) is 20.0 Å². The van der Waals surface area contributed by atoms with E-state index in [1.54, 1.807) is 44.2 Å². The summed E-state index contributed by atoms with van der Waals surface area (Å²) in [5.41, 5.74) is 2.21. The summed E-state index contributed by atoms with van der Waals surface area (Å²) in [5, 5.41) is 4.59. The maximum absolute atomic E-state index is 12.3. The van der Waals surface area contributed by atoms with Gasteiger partial charge in [-0.25, -0.2) is 9.59 Å². The lowest BCUT2D eigenvalue weighted by Crippen LogP contribution is -2.13. The normalized spacial score (nSPS) is 12.6. The molecule has 4 rings (SSSR count). The molecule has 0 amide bonds. The second kappa shape index (κ2) is 9.95. The standard InChI is InChI=1S/C23H20BrNO8/c1-3-28-23(27)22-17(16-9-15(24)5-7-18(16)33-22)10-29-21(26)11-32-25-13(2)14-4-6-19-20(8-14)31-12-30-19/h4-9H,3,10-12H2,1-2H3/b25-13+. The van der Waals surface area contributed by atoms with Gasteiger partial charge in [0.05, 0.1) is 17.9 Å². The largest absolute Gasteiger partial charge is 0.460 e. The third-order valence-electron chi connectivity index (χ3n) is 4.77. The van der Waals surface area contributed by atoms with Crippen LogP contribution in [0.15, 0.2) is 50.4 Å². The van der Waals surface area contributed by atoms with E-state index in [0.29, 0.717) is 33.7 Å². The highest BCUT2D eigenvalue weighted by molar-refractivity contribution is 9.10. The molecule has 9 nitrogen and oxygen atoms in total. The van der Waals surface area contributed by atoms with E-state index in [1.807, 2.05) is 6.07 Å². The van der Waals surface area contributed by atoms with Gasteiger partial charge in [-0.3, -0.25) is 0 Å². The minimum Gasteiger partial charge on any atom is -0.460 e. The molecule has 0 atom stereocenters. The van der Waals surface area contributed by atoms with Gasteiger partial charge in [-0.2, -0.15) is 0 Å². The van der Waals surface area contributed by atoms with Crippen molar-refractivity contribution in [2.45, 2.75) is 20.5 Å². The molecule has 172 valence electrons. The average Bonchev–Trinajstić information content (AvgIpc) is 3.41. The third-order valence-corrected chi connectivity index (χ3v) is 5.26. The first kappa shape index (κ1) is 22.7. The number of oxime groups is 1. The summed E-state index contributed by atoms with van der Waals surface area (Å²) in [7, 11) is 0. The molecular weight excluding hydrogens is 498 g/mol. The first-order valence-corrected chi connectivity index (χ1v) is 10.9. The molecular formula is C23H20BrNO8. The van der Waals surface area contributed by atoms with Crippen LogP contribution in [0.4, 0.5) is 0 Å². The van der Waals surface area contributed by atoms with Crippen LogP contribution in [0, 0.1) is 0 Å². The summed E-state index contributed by atoms with van der Waals surface area (Å²) in [6.07, 6.45) is 0. The lowest BCUT2D eigenvalue weighted by atomic mass is 10.1. The van der Waals surface area contributed by atoms with Crippen LogP contribution in [0.3, 0.4) is 0 Å². The third kappa shape index (κ3) is 5.11. The van der Waals surface area contributed by atoms with Crippen molar-refractivity contribution >= 4 is 44.5 Å². The minimum absolute atomic E-state index is 0.00431. The summed E-state index contributed by atoms with van der Waals surface area (Å²) >= 11 is 3.39. The Balaban J connectivity index is 1.39. The molecule has 0 spiro atoms. The Kier molecular flexibility index (Phi) is 6.83. The monoisotopic (exact) mass is 517 g/mol. The maximum atomic E-state index is 12.3. The first-order valence-electron chi connectivity index (χ1n) is 10.1. The smallest absolute Gasteiger partial charge is 0.374 e. The maximum Gasteiger partial charge on any atom is 0.374 e. The van der Waals surface area contributed by atoms with Crippen molar-refractivity contribution in [1.82, 2.24) is 0 Å². The van der Waals surface area contributed by atoms with Crippen molar-refractivity contribution in [2.24, 2.45) is 5.16 Å². The molecule has 0 fully saturated rings. The van der Waals surface area contributed by atoms with Crippen LogP contribution < -0.4 is 9.47 Å². The van der Waals surface area contributed by atoms with Crippen molar-refractivity contribution in [3.8, 4) is 11.5 Å². The Labute approximate surface area is 197 Å². The van der Waals surface area contributed by atoms with E-state index in [-0.39, 0.29) is 25.8 Å². The van der Waals surface area contributed by atoms with Crippen LogP contribution in [0.5, 0.6) is 11.5 Å². The highest BCUT2D eigenvalue weighted by Crippen LogP contribution is 2.33. The van der Waals surface area contributed by atoms with E-state index >= 15 is 0 Å². The molecule has 0 unspecified atom stereocenters. The number of hydrogen-bond donors (Lipinski definition) is 0. The van der Waals surface area contributed by atoms with E-state index in [2.05, 4.69) is 21.1 Å². The minimum atomic E-state index is -0.656. The van der Waals surface area contributed by atoms with Gasteiger partial charge in [0.15, 0.2) is 11.5 Å². The highest BCUT2D eigenvalue weighted by Gasteiger charge is 2.23. The lowest BCUT2D eigenvalue weighted by Gasteiger charge is -2.06. The number of fused-ring (bicyclic) bond motifs is 2. The fraction of sp³-hybridized carbons (Fsp3) is 0.261. The van der Waals surface area contributed by atoms with Gasteiger partial charge < -0.3 is 28.2 Å². The quantitative estimate of drug-likeness (QED) is 0.242. The van der Waals surface area contributed by atoms with Crippen molar-refractivity contribution in [3.63, 3.8) is 0 Å². The van der Waals surface area contributed by atoms with E-state index < -0.39 is 18.5 Å². The number of benzene rings is 2. The number of nitrogens with zero attached hydrogens (tertiary/aromatic N) is 1. The molecule has 3 aromatic rings. The Hall–Kier alpha value is -3.53. The van der Waals surface area contributed by atoms with Crippen molar-refractivity contribution in [3.05, 3.63) is 57.8 Å². The Bertz CT molecular complexity index is 1230. The number of carbonyl (C=O) groups excluding carboxylic acids is 2. The number of halogens is 1. The van der Waals surface area contributed by atoms with Crippen LogP contribution in [0.1, 0.15) is 35.5 Å². The number of carbonyl (C=O) groups is 2. The number of hydrogen-bond acceptors (Lipinski definition) is 9. The number of ether oxygens (including phenoxy) is 4. The molecule has 0 saturated heterocycles. The van der Waals surface area contributed by atoms with Gasteiger partial charge in [-0.15, -0.1) is 0 Å². The molecule has 1 aliphatic heterocycles. The van der Waals surface area contributed by atoms with Crippen molar-refractivity contribution in [1.29, 1.82) is 0 Å². The van der Waals surface area contributed by atoms with Crippen LogP contribution in [0.25, 0.3) is 11.0 Å². The van der Waals surface area contributed by atoms with Gasteiger partial charge >= 0.3 is 11.9 Å². The van der Waals surface area contributed by atoms with Crippen LogP contribution in [0.2, 0.25) is 0 Å². The Morgan fingerprint density at radius 3 is 2.73 bits per heavy atom. The van der Waals surface area contributed by atoms with E-state index in [1.165, 1.54) is 0 Å². The SMILES string of the molecule is CCOC(=O)c1oc2ccc(Br)cc2c1COC(=O)CO/N=C(\C)c1ccc2c(c1)OCO2. The topological polar surface area (TPSA) is 106 Å². The molecule has 1 aliphatic rings. The van der Waals surface area contributed by atoms with Gasteiger partial charge in [-0.1, -0.05) is 21.1 Å².